The van der Waals surface area contributed by atoms with Gasteiger partial charge in [-0.1, -0.05) is 12.1 Å². The van der Waals surface area contributed by atoms with Gasteiger partial charge in [-0.3, -0.25) is 9.59 Å². The van der Waals surface area contributed by atoms with Crippen molar-refractivity contribution < 1.29 is 13.9 Å². The van der Waals surface area contributed by atoms with Gasteiger partial charge >= 0.3 is 5.97 Å². The molecule has 9 heteroatoms. The number of ether oxygens (including phenoxy) is 1. The van der Waals surface area contributed by atoms with Crippen LogP contribution in [0.15, 0.2) is 39.7 Å². The number of rotatable bonds is 4. The Bertz CT molecular complexity index is 865. The highest BCUT2D eigenvalue weighted by atomic mass is 79.9. The third-order valence-corrected chi connectivity index (χ3v) is 5.03. The number of benzene rings is 1. The van der Waals surface area contributed by atoms with Crippen molar-refractivity contribution >= 4 is 33.3 Å². The van der Waals surface area contributed by atoms with Gasteiger partial charge in [0.1, 0.15) is 16.8 Å². The number of hydrogen-bond acceptors (Lipinski definition) is 6. The molecule has 2 aromatic rings. The van der Waals surface area contributed by atoms with Gasteiger partial charge in [0.15, 0.2) is 0 Å². The molecule has 1 fully saturated rings. The van der Waals surface area contributed by atoms with Crippen LogP contribution >= 0.6 is 15.9 Å². The SMILES string of the molecule is COC(=O)Cn1ncc(N2CCN(c3ccccc3F)CC2)c(Br)c1=O. The lowest BCUT2D eigenvalue weighted by Gasteiger charge is -2.37. The Kier molecular flexibility index (Phi) is 5.55. The van der Waals surface area contributed by atoms with E-state index in [1.54, 1.807) is 18.3 Å². The summed E-state index contributed by atoms with van der Waals surface area (Å²) in [7, 11) is 1.26. The molecule has 1 aliphatic heterocycles. The van der Waals surface area contributed by atoms with Gasteiger partial charge in [0.2, 0.25) is 0 Å². The summed E-state index contributed by atoms with van der Waals surface area (Å²) >= 11 is 3.31. The lowest BCUT2D eigenvalue weighted by Crippen LogP contribution is -2.47. The number of esters is 1. The molecule has 138 valence electrons. The van der Waals surface area contributed by atoms with E-state index in [1.165, 1.54) is 13.2 Å². The molecule has 1 aromatic heterocycles. The van der Waals surface area contributed by atoms with E-state index < -0.39 is 11.5 Å². The van der Waals surface area contributed by atoms with Crippen LogP contribution in [0, 0.1) is 5.82 Å². The number of piperazine rings is 1. The first kappa shape index (κ1) is 18.4. The molecule has 7 nitrogen and oxygen atoms in total. The molecular weight excluding hydrogens is 407 g/mol. The average Bonchev–Trinajstić information content (AvgIpc) is 2.66. The first-order chi connectivity index (χ1) is 12.5. The zero-order chi connectivity index (χ0) is 18.7. The summed E-state index contributed by atoms with van der Waals surface area (Å²) in [5.74, 6) is -0.785. The third kappa shape index (κ3) is 3.72. The fraction of sp³-hybridized carbons (Fsp3) is 0.353. The number of hydrogen-bond donors (Lipinski definition) is 0. The molecular formula is C17H18BrFN4O3. The molecule has 0 unspecified atom stereocenters. The predicted octanol–water partition coefficient (Wildman–Crippen LogP) is 1.64. The van der Waals surface area contributed by atoms with E-state index in [-0.39, 0.29) is 12.4 Å². The first-order valence-corrected chi connectivity index (χ1v) is 8.87. The van der Waals surface area contributed by atoms with Crippen LogP contribution < -0.4 is 15.4 Å². The Labute approximate surface area is 158 Å². The third-order valence-electron chi connectivity index (χ3n) is 4.29. The quantitative estimate of drug-likeness (QED) is 0.695. The van der Waals surface area contributed by atoms with Crippen LogP contribution in [0.3, 0.4) is 0 Å². The summed E-state index contributed by atoms with van der Waals surface area (Å²) in [6.07, 6.45) is 1.55. The second-order valence-corrected chi connectivity index (χ2v) is 6.60. The standard InChI is InChI=1S/C17H18BrFN4O3/c1-26-15(24)11-23-17(25)16(18)14(10-20-23)22-8-6-21(7-9-22)13-5-3-2-4-12(13)19/h2-5,10H,6-9,11H2,1H3. The number of carbonyl (C=O) groups is 1. The molecule has 26 heavy (non-hydrogen) atoms. The van der Waals surface area contributed by atoms with Crippen molar-refractivity contribution in [1.82, 2.24) is 9.78 Å². The Morgan fingerprint density at radius 1 is 1.19 bits per heavy atom. The minimum atomic E-state index is -0.544. The van der Waals surface area contributed by atoms with E-state index in [1.807, 2.05) is 15.9 Å². The van der Waals surface area contributed by atoms with Crippen molar-refractivity contribution in [2.75, 3.05) is 43.1 Å². The molecule has 2 heterocycles. The highest BCUT2D eigenvalue weighted by molar-refractivity contribution is 9.10. The van der Waals surface area contributed by atoms with E-state index in [2.05, 4.69) is 25.8 Å². The smallest absolute Gasteiger partial charge is 0.327 e. The van der Waals surface area contributed by atoms with E-state index in [0.717, 1.165) is 4.68 Å². The van der Waals surface area contributed by atoms with E-state index in [0.29, 0.717) is 42.0 Å². The van der Waals surface area contributed by atoms with Crippen molar-refractivity contribution in [3.8, 4) is 0 Å². The zero-order valence-corrected chi connectivity index (χ0v) is 15.8. The van der Waals surface area contributed by atoms with Crippen LogP contribution in [-0.4, -0.2) is 49.0 Å². The van der Waals surface area contributed by atoms with Gasteiger partial charge in [-0.15, -0.1) is 0 Å². The maximum atomic E-state index is 13.9. The summed E-state index contributed by atoms with van der Waals surface area (Å²) in [6.45, 7) is 2.25. The number of carbonyl (C=O) groups excluding carboxylic acids is 1. The second-order valence-electron chi connectivity index (χ2n) is 5.81. The predicted molar refractivity (Wildman–Crippen MR) is 99.0 cm³/mol. The van der Waals surface area contributed by atoms with Crippen molar-refractivity contribution in [1.29, 1.82) is 0 Å². The van der Waals surface area contributed by atoms with Gasteiger partial charge in [-0.2, -0.15) is 5.10 Å². The molecule has 0 N–H and O–H groups in total. The minimum absolute atomic E-state index is 0.241. The summed E-state index contributed by atoms with van der Waals surface area (Å²) < 4.78 is 19.9. The van der Waals surface area contributed by atoms with Crippen molar-refractivity contribution in [2.45, 2.75) is 6.54 Å². The molecule has 0 atom stereocenters. The Balaban J connectivity index is 1.73. The monoisotopic (exact) mass is 424 g/mol. The van der Waals surface area contributed by atoms with E-state index in [9.17, 15) is 14.0 Å². The van der Waals surface area contributed by atoms with E-state index >= 15 is 0 Å². The molecule has 0 saturated carbocycles. The summed E-state index contributed by atoms with van der Waals surface area (Å²) in [6, 6.07) is 6.69. The van der Waals surface area contributed by atoms with Crippen LogP contribution in [0.4, 0.5) is 15.8 Å². The lowest BCUT2D eigenvalue weighted by molar-refractivity contribution is -0.141. The van der Waals surface area contributed by atoms with Gasteiger partial charge in [0.25, 0.3) is 5.56 Å². The van der Waals surface area contributed by atoms with E-state index in [4.69, 9.17) is 0 Å². The Hall–Kier alpha value is -2.42. The molecule has 0 radical (unpaired) electrons. The molecule has 0 spiro atoms. The van der Waals surface area contributed by atoms with Gasteiger partial charge < -0.3 is 14.5 Å². The molecule has 0 bridgehead atoms. The van der Waals surface area contributed by atoms with Gasteiger partial charge in [0, 0.05) is 26.2 Å². The fourth-order valence-electron chi connectivity index (χ4n) is 2.87. The van der Waals surface area contributed by atoms with Crippen LogP contribution in [0.5, 0.6) is 0 Å². The van der Waals surface area contributed by atoms with Gasteiger partial charge in [0.05, 0.1) is 24.7 Å². The summed E-state index contributed by atoms with van der Waals surface area (Å²) in [5, 5.41) is 4.05. The average molecular weight is 425 g/mol. The lowest BCUT2D eigenvalue weighted by atomic mass is 10.2. The molecule has 1 saturated heterocycles. The molecule has 1 aliphatic rings. The van der Waals surface area contributed by atoms with Crippen molar-refractivity contribution in [2.24, 2.45) is 0 Å². The van der Waals surface area contributed by atoms with Crippen LogP contribution in [0.25, 0.3) is 0 Å². The molecule has 0 amide bonds. The number of anilines is 2. The van der Waals surface area contributed by atoms with Crippen LogP contribution in [0.2, 0.25) is 0 Å². The maximum Gasteiger partial charge on any atom is 0.327 e. The van der Waals surface area contributed by atoms with Crippen molar-refractivity contribution in [3.63, 3.8) is 0 Å². The van der Waals surface area contributed by atoms with Gasteiger partial charge in [-0.25, -0.2) is 9.07 Å². The highest BCUT2D eigenvalue weighted by Gasteiger charge is 2.22. The Morgan fingerprint density at radius 3 is 2.42 bits per heavy atom. The largest absolute Gasteiger partial charge is 0.468 e. The van der Waals surface area contributed by atoms with Gasteiger partial charge in [-0.05, 0) is 28.1 Å². The molecule has 3 rings (SSSR count). The zero-order valence-electron chi connectivity index (χ0n) is 14.2. The fourth-order valence-corrected chi connectivity index (χ4v) is 3.43. The number of nitrogens with zero attached hydrogens (tertiary/aromatic N) is 4. The Morgan fingerprint density at radius 2 is 1.81 bits per heavy atom. The maximum absolute atomic E-state index is 13.9. The highest BCUT2D eigenvalue weighted by Crippen LogP contribution is 2.25. The molecule has 1 aromatic carbocycles. The normalized spacial score (nSPS) is 14.4. The topological polar surface area (TPSA) is 67.7 Å². The summed E-state index contributed by atoms with van der Waals surface area (Å²) in [4.78, 5) is 27.7. The second kappa shape index (κ2) is 7.86. The minimum Gasteiger partial charge on any atom is -0.468 e. The van der Waals surface area contributed by atoms with Crippen LogP contribution in [-0.2, 0) is 16.1 Å². The van der Waals surface area contributed by atoms with Crippen molar-refractivity contribution in [3.05, 3.63) is 51.1 Å². The number of para-hydroxylation sites is 1. The summed E-state index contributed by atoms with van der Waals surface area (Å²) in [5.41, 5.74) is 0.839. The first-order valence-electron chi connectivity index (χ1n) is 8.08. The number of halogens is 2. The molecule has 0 aliphatic carbocycles. The number of methoxy groups -OCH3 is 1. The van der Waals surface area contributed by atoms with Crippen LogP contribution in [0.1, 0.15) is 0 Å². The number of aromatic nitrogens is 2.